The van der Waals surface area contributed by atoms with Crippen LogP contribution in [0.15, 0.2) is 90.1 Å². The Balaban J connectivity index is 1.12. The summed E-state index contributed by atoms with van der Waals surface area (Å²) < 4.78 is 29.6. The van der Waals surface area contributed by atoms with Gasteiger partial charge in [0.15, 0.2) is 0 Å². The average molecular weight is 489 g/mol. The van der Waals surface area contributed by atoms with Crippen molar-refractivity contribution >= 4 is 26.7 Å². The predicted molar refractivity (Wildman–Crippen MR) is 136 cm³/mol. The largest absolute Gasteiger partial charge is 0.356 e. The second kappa shape index (κ2) is 10.0. The van der Waals surface area contributed by atoms with Crippen molar-refractivity contribution in [2.45, 2.75) is 24.2 Å². The SMILES string of the molecule is O=C(NCCc1cnn(-c2ccccc2)c1)C1CCN(S(=O)(=O)c2ccc3ccccc3c2)CC1. The maximum Gasteiger partial charge on any atom is 0.243 e. The van der Waals surface area contributed by atoms with Gasteiger partial charge in [0.05, 0.1) is 16.8 Å². The van der Waals surface area contributed by atoms with Gasteiger partial charge >= 0.3 is 0 Å². The standard InChI is InChI=1S/C27H28N4O3S/c32-27(28-15-12-21-19-29-31(20-21)25-8-2-1-3-9-25)23-13-16-30(17-14-23)35(33,34)26-11-10-22-6-4-5-7-24(22)18-26/h1-11,18-20,23H,12-17H2,(H,28,32). The van der Waals surface area contributed by atoms with E-state index in [1.54, 1.807) is 12.1 Å². The number of amides is 1. The van der Waals surface area contributed by atoms with Gasteiger partial charge in [0.1, 0.15) is 0 Å². The van der Waals surface area contributed by atoms with E-state index in [1.165, 1.54) is 4.31 Å². The third-order valence-corrected chi connectivity index (χ3v) is 8.45. The highest BCUT2D eigenvalue weighted by molar-refractivity contribution is 7.89. The first-order chi connectivity index (χ1) is 17.0. The van der Waals surface area contributed by atoms with Crippen LogP contribution in [-0.4, -0.2) is 48.0 Å². The van der Waals surface area contributed by atoms with Gasteiger partial charge in [-0.15, -0.1) is 0 Å². The molecule has 0 radical (unpaired) electrons. The van der Waals surface area contributed by atoms with E-state index in [0.29, 0.717) is 43.8 Å². The molecule has 0 saturated carbocycles. The van der Waals surface area contributed by atoms with E-state index in [-0.39, 0.29) is 11.8 Å². The van der Waals surface area contributed by atoms with Crippen LogP contribution < -0.4 is 5.32 Å². The van der Waals surface area contributed by atoms with Gasteiger partial charge in [0.25, 0.3) is 0 Å². The number of rotatable bonds is 7. The highest BCUT2D eigenvalue weighted by Crippen LogP contribution is 2.26. The molecule has 1 aliphatic rings. The lowest BCUT2D eigenvalue weighted by molar-refractivity contribution is -0.126. The van der Waals surface area contributed by atoms with Crippen molar-refractivity contribution in [1.29, 1.82) is 0 Å². The van der Waals surface area contributed by atoms with Crippen LogP contribution in [0.25, 0.3) is 16.5 Å². The normalized spacial score (nSPS) is 15.3. The van der Waals surface area contributed by atoms with Gasteiger partial charge in [-0.3, -0.25) is 4.79 Å². The molecule has 1 aliphatic heterocycles. The first-order valence-corrected chi connectivity index (χ1v) is 13.3. The van der Waals surface area contributed by atoms with Crippen LogP contribution in [0.5, 0.6) is 0 Å². The number of nitrogens with zero attached hydrogens (tertiary/aromatic N) is 3. The van der Waals surface area contributed by atoms with Crippen molar-refractivity contribution in [2.24, 2.45) is 5.92 Å². The fourth-order valence-corrected chi connectivity index (χ4v) is 6.03. The Bertz CT molecular complexity index is 1430. The number of hydrogen-bond acceptors (Lipinski definition) is 4. The third kappa shape index (κ3) is 5.13. The van der Waals surface area contributed by atoms with E-state index in [0.717, 1.165) is 22.0 Å². The summed E-state index contributed by atoms with van der Waals surface area (Å²) >= 11 is 0. The van der Waals surface area contributed by atoms with Gasteiger partial charge in [-0.2, -0.15) is 9.40 Å². The fraction of sp³-hybridized carbons (Fsp3) is 0.259. The molecule has 5 rings (SSSR count). The zero-order valence-electron chi connectivity index (χ0n) is 19.4. The second-order valence-corrected chi connectivity index (χ2v) is 10.8. The lowest BCUT2D eigenvalue weighted by atomic mass is 9.97. The van der Waals surface area contributed by atoms with Crippen molar-refractivity contribution in [2.75, 3.05) is 19.6 Å². The minimum Gasteiger partial charge on any atom is -0.356 e. The number of aromatic nitrogens is 2. The predicted octanol–water partition coefficient (Wildman–Crippen LogP) is 3.79. The van der Waals surface area contributed by atoms with E-state index < -0.39 is 10.0 Å². The lowest BCUT2D eigenvalue weighted by Crippen LogP contribution is -2.43. The quantitative estimate of drug-likeness (QED) is 0.429. The first-order valence-electron chi connectivity index (χ1n) is 11.9. The Kier molecular flexibility index (Phi) is 6.66. The molecule has 0 aliphatic carbocycles. The molecule has 1 fully saturated rings. The number of nitrogens with one attached hydrogen (secondary N) is 1. The summed E-state index contributed by atoms with van der Waals surface area (Å²) in [5.74, 6) is -0.187. The maximum atomic E-state index is 13.2. The Morgan fingerprint density at radius 3 is 2.43 bits per heavy atom. The topological polar surface area (TPSA) is 84.3 Å². The van der Waals surface area contributed by atoms with Crippen molar-refractivity contribution in [3.8, 4) is 5.69 Å². The van der Waals surface area contributed by atoms with Crippen molar-refractivity contribution in [1.82, 2.24) is 19.4 Å². The summed E-state index contributed by atoms with van der Waals surface area (Å²) in [4.78, 5) is 13.0. The van der Waals surface area contributed by atoms with Crippen LogP contribution in [0, 0.1) is 5.92 Å². The van der Waals surface area contributed by atoms with Gasteiger partial charge in [0.2, 0.25) is 15.9 Å². The number of hydrogen-bond donors (Lipinski definition) is 1. The Labute approximate surface area is 205 Å². The van der Waals surface area contributed by atoms with Gasteiger partial charge in [-0.1, -0.05) is 48.5 Å². The fourth-order valence-electron chi connectivity index (χ4n) is 4.52. The summed E-state index contributed by atoms with van der Waals surface area (Å²) in [6, 6.07) is 22.8. The van der Waals surface area contributed by atoms with Crippen LogP contribution >= 0.6 is 0 Å². The van der Waals surface area contributed by atoms with E-state index in [1.807, 2.05) is 77.7 Å². The molecule has 0 spiro atoms. The Hall–Kier alpha value is -3.49. The zero-order valence-corrected chi connectivity index (χ0v) is 20.2. The average Bonchev–Trinajstić information content (AvgIpc) is 3.38. The van der Waals surface area contributed by atoms with E-state index in [2.05, 4.69) is 10.4 Å². The molecule has 0 unspecified atom stereocenters. The first kappa shape index (κ1) is 23.3. The molecule has 2 heterocycles. The molecule has 35 heavy (non-hydrogen) atoms. The van der Waals surface area contributed by atoms with Crippen LogP contribution in [0.1, 0.15) is 18.4 Å². The summed E-state index contributed by atoms with van der Waals surface area (Å²) in [7, 11) is -3.58. The van der Waals surface area contributed by atoms with E-state index in [9.17, 15) is 13.2 Å². The molecular formula is C27H28N4O3S. The monoisotopic (exact) mass is 488 g/mol. The van der Waals surface area contributed by atoms with Crippen LogP contribution in [0.4, 0.5) is 0 Å². The minimum atomic E-state index is -3.58. The van der Waals surface area contributed by atoms with Crippen LogP contribution in [0.2, 0.25) is 0 Å². The third-order valence-electron chi connectivity index (χ3n) is 6.55. The van der Waals surface area contributed by atoms with E-state index >= 15 is 0 Å². The summed E-state index contributed by atoms with van der Waals surface area (Å²) in [6.45, 7) is 1.21. The zero-order chi connectivity index (χ0) is 24.3. The van der Waals surface area contributed by atoms with Gasteiger partial charge in [-0.25, -0.2) is 13.1 Å². The molecule has 1 N–H and O–H groups in total. The van der Waals surface area contributed by atoms with Gasteiger partial charge < -0.3 is 5.32 Å². The molecule has 0 atom stereocenters. The molecule has 1 amide bonds. The molecule has 0 bridgehead atoms. The Morgan fingerprint density at radius 2 is 1.66 bits per heavy atom. The number of carbonyl (C=O) groups excluding carboxylic acids is 1. The number of sulfonamides is 1. The molecule has 4 aromatic rings. The van der Waals surface area contributed by atoms with Crippen LogP contribution in [-0.2, 0) is 21.2 Å². The van der Waals surface area contributed by atoms with Crippen molar-refractivity contribution < 1.29 is 13.2 Å². The number of piperidine rings is 1. The summed E-state index contributed by atoms with van der Waals surface area (Å²) in [6.07, 6.45) is 5.51. The lowest BCUT2D eigenvalue weighted by Gasteiger charge is -2.30. The number of fused-ring (bicyclic) bond motifs is 1. The smallest absolute Gasteiger partial charge is 0.243 e. The minimum absolute atomic E-state index is 0.0109. The molecule has 1 aromatic heterocycles. The number of benzene rings is 3. The summed E-state index contributed by atoms with van der Waals surface area (Å²) in [5.41, 5.74) is 2.04. The van der Waals surface area contributed by atoms with Crippen molar-refractivity contribution in [3.05, 3.63) is 90.8 Å². The summed E-state index contributed by atoms with van der Waals surface area (Å²) in [5, 5.41) is 9.31. The number of carbonyl (C=O) groups is 1. The van der Waals surface area contributed by atoms with Gasteiger partial charge in [0, 0.05) is 31.7 Å². The second-order valence-electron chi connectivity index (χ2n) is 8.86. The highest BCUT2D eigenvalue weighted by Gasteiger charge is 2.32. The van der Waals surface area contributed by atoms with Gasteiger partial charge in [-0.05, 0) is 59.9 Å². The molecule has 7 nitrogen and oxygen atoms in total. The molecule has 3 aromatic carbocycles. The molecule has 8 heteroatoms. The molecule has 180 valence electrons. The maximum absolute atomic E-state index is 13.2. The highest BCUT2D eigenvalue weighted by atomic mass is 32.2. The van der Waals surface area contributed by atoms with Crippen molar-refractivity contribution in [3.63, 3.8) is 0 Å². The van der Waals surface area contributed by atoms with E-state index in [4.69, 9.17) is 0 Å². The molecule has 1 saturated heterocycles. The van der Waals surface area contributed by atoms with Crippen LogP contribution in [0.3, 0.4) is 0 Å². The number of para-hydroxylation sites is 1. The molecular weight excluding hydrogens is 460 g/mol. The Morgan fingerprint density at radius 1 is 0.943 bits per heavy atom.